The predicted octanol–water partition coefficient (Wildman–Crippen LogP) is 2.65. The lowest BCUT2D eigenvalue weighted by molar-refractivity contribution is -0.265. The van der Waals surface area contributed by atoms with E-state index in [1.54, 1.807) is 12.1 Å². The largest absolute Gasteiger partial charge is 0.489 e. The van der Waals surface area contributed by atoms with Crippen LogP contribution in [-0.2, 0) is 20.6 Å². The first-order valence-corrected chi connectivity index (χ1v) is 13.4. The summed E-state index contributed by atoms with van der Waals surface area (Å²) in [4.78, 5) is 45.2. The highest BCUT2D eigenvalue weighted by molar-refractivity contribution is 6.02. The molecule has 1 aliphatic rings. The highest BCUT2D eigenvalue weighted by Crippen LogP contribution is 2.47. The number of nitrogens with one attached hydrogen (secondary N) is 2. The summed E-state index contributed by atoms with van der Waals surface area (Å²) in [5.74, 6) is -3.29. The lowest BCUT2D eigenvalue weighted by Gasteiger charge is -2.31. The Kier molecular flexibility index (Phi) is 7.83. The van der Waals surface area contributed by atoms with Crippen LogP contribution in [0.15, 0.2) is 60.8 Å². The number of fused-ring (bicyclic) bond motifs is 2. The second-order valence-electron chi connectivity index (χ2n) is 10.7. The average Bonchev–Trinajstić information content (AvgIpc) is 3.35. The van der Waals surface area contributed by atoms with Gasteiger partial charge in [-0.3, -0.25) is 19.4 Å². The summed E-state index contributed by atoms with van der Waals surface area (Å²) >= 11 is 0. The molecule has 2 aromatic carbocycles. The molecule has 1 aliphatic heterocycles. The zero-order chi connectivity index (χ0) is 32.7. The number of alkyl halides is 3. The number of carbonyl (C=O) groups is 3. The number of amides is 3. The van der Waals surface area contributed by atoms with Crippen molar-refractivity contribution in [3.05, 3.63) is 83.4 Å². The van der Waals surface area contributed by atoms with E-state index >= 15 is 0 Å². The van der Waals surface area contributed by atoms with E-state index in [1.165, 1.54) is 37.4 Å². The van der Waals surface area contributed by atoms with Crippen molar-refractivity contribution in [3.63, 3.8) is 0 Å². The van der Waals surface area contributed by atoms with Gasteiger partial charge in [-0.25, -0.2) is 9.37 Å². The smallest absolute Gasteiger partial charge is 0.424 e. The monoisotopic (exact) mass is 626 g/mol. The van der Waals surface area contributed by atoms with E-state index in [2.05, 4.69) is 20.6 Å². The number of nitrogens with zero attached hydrogens (tertiary/aromatic N) is 2. The van der Waals surface area contributed by atoms with Gasteiger partial charge in [0.1, 0.15) is 29.3 Å². The van der Waals surface area contributed by atoms with Crippen molar-refractivity contribution in [1.82, 2.24) is 15.3 Å². The molecule has 5 rings (SSSR count). The van der Waals surface area contributed by atoms with E-state index in [1.807, 2.05) is 0 Å². The van der Waals surface area contributed by atoms with Gasteiger partial charge < -0.3 is 31.9 Å². The SMILES string of the molecule is C[C@]1(C(N)=O)COc2c1cc([C@@](O)(CNC(=O)c1cc(NCC(N)=O)c3ncccc3c1)C(F)(F)F)nc2-c1ccc(F)cc1. The summed E-state index contributed by atoms with van der Waals surface area (Å²) in [6.45, 7) is -0.653. The van der Waals surface area contributed by atoms with Gasteiger partial charge in [0.2, 0.25) is 17.4 Å². The van der Waals surface area contributed by atoms with Gasteiger partial charge >= 0.3 is 6.18 Å². The first kappa shape index (κ1) is 31.1. The minimum Gasteiger partial charge on any atom is -0.489 e. The third-order valence-corrected chi connectivity index (χ3v) is 7.55. The van der Waals surface area contributed by atoms with Crippen molar-refractivity contribution in [1.29, 1.82) is 0 Å². The molecule has 7 N–H and O–H groups in total. The Morgan fingerprint density at radius 2 is 1.80 bits per heavy atom. The zero-order valence-electron chi connectivity index (χ0n) is 23.5. The maximum Gasteiger partial charge on any atom is 0.424 e. The maximum atomic E-state index is 14.7. The van der Waals surface area contributed by atoms with Crippen LogP contribution in [0.2, 0.25) is 0 Å². The van der Waals surface area contributed by atoms with E-state index in [4.69, 9.17) is 16.2 Å². The van der Waals surface area contributed by atoms with Gasteiger partial charge in [-0.15, -0.1) is 0 Å². The first-order valence-electron chi connectivity index (χ1n) is 13.4. The van der Waals surface area contributed by atoms with Crippen LogP contribution in [0.5, 0.6) is 5.75 Å². The number of primary amides is 2. The fourth-order valence-corrected chi connectivity index (χ4v) is 4.89. The molecule has 234 valence electrons. The van der Waals surface area contributed by atoms with Crippen molar-refractivity contribution in [2.75, 3.05) is 25.0 Å². The lowest BCUT2D eigenvalue weighted by atomic mass is 9.81. The van der Waals surface area contributed by atoms with Gasteiger partial charge in [-0.1, -0.05) is 6.07 Å². The number of ether oxygens (including phenoxy) is 1. The number of carbonyl (C=O) groups excluding carboxylic acids is 3. The summed E-state index contributed by atoms with van der Waals surface area (Å²) in [7, 11) is 0. The summed E-state index contributed by atoms with van der Waals surface area (Å²) in [6, 6.07) is 11.3. The molecule has 0 fully saturated rings. The molecule has 45 heavy (non-hydrogen) atoms. The van der Waals surface area contributed by atoms with Gasteiger partial charge in [0.05, 0.1) is 30.0 Å². The zero-order valence-corrected chi connectivity index (χ0v) is 23.5. The van der Waals surface area contributed by atoms with E-state index in [0.717, 1.165) is 18.2 Å². The fourth-order valence-electron chi connectivity index (χ4n) is 4.89. The van der Waals surface area contributed by atoms with E-state index in [9.17, 15) is 37.1 Å². The topological polar surface area (TPSA) is 183 Å². The van der Waals surface area contributed by atoms with Gasteiger partial charge in [0.25, 0.3) is 5.91 Å². The number of aliphatic hydroxyl groups is 1. The molecule has 15 heteroatoms. The van der Waals surface area contributed by atoms with Gasteiger partial charge in [0.15, 0.2) is 0 Å². The number of anilines is 1. The van der Waals surface area contributed by atoms with Crippen LogP contribution >= 0.6 is 0 Å². The Balaban J connectivity index is 1.57. The number of pyridine rings is 2. The number of hydrogen-bond donors (Lipinski definition) is 5. The second kappa shape index (κ2) is 11.3. The predicted molar refractivity (Wildman–Crippen MR) is 153 cm³/mol. The van der Waals surface area contributed by atoms with Gasteiger partial charge in [0, 0.05) is 28.3 Å². The summed E-state index contributed by atoms with van der Waals surface area (Å²) in [5, 5.41) is 16.5. The molecule has 2 atom stereocenters. The molecule has 0 unspecified atom stereocenters. The molecule has 4 aromatic rings. The average molecular weight is 627 g/mol. The summed E-state index contributed by atoms with van der Waals surface area (Å²) < 4.78 is 63.4. The van der Waals surface area contributed by atoms with E-state index in [0.29, 0.717) is 10.9 Å². The third-order valence-electron chi connectivity index (χ3n) is 7.55. The van der Waals surface area contributed by atoms with Gasteiger partial charge in [-0.2, -0.15) is 13.2 Å². The highest BCUT2D eigenvalue weighted by atomic mass is 19.4. The molecule has 0 saturated carbocycles. The lowest BCUT2D eigenvalue weighted by Crippen LogP contribution is -2.51. The van der Waals surface area contributed by atoms with Crippen molar-refractivity contribution in [2.45, 2.75) is 24.1 Å². The molecule has 3 amide bonds. The third kappa shape index (κ3) is 5.69. The van der Waals surface area contributed by atoms with Crippen LogP contribution in [0.25, 0.3) is 22.2 Å². The Labute approximate surface area is 252 Å². The normalized spacial score (nSPS) is 17.2. The molecule has 3 heterocycles. The molecule has 0 radical (unpaired) electrons. The molecular formula is C30H26F4N6O5. The summed E-state index contributed by atoms with van der Waals surface area (Å²) in [5.41, 5.74) is 4.80. The van der Waals surface area contributed by atoms with E-state index in [-0.39, 0.29) is 47.0 Å². The van der Waals surface area contributed by atoms with Crippen molar-refractivity contribution >= 4 is 34.3 Å². The van der Waals surface area contributed by atoms with E-state index < -0.39 is 53.0 Å². The quantitative estimate of drug-likeness (QED) is 0.176. The Morgan fingerprint density at radius 1 is 1.09 bits per heavy atom. The van der Waals surface area contributed by atoms with Crippen molar-refractivity contribution in [2.24, 2.45) is 11.5 Å². The Bertz CT molecular complexity index is 1830. The number of hydrogen-bond acceptors (Lipinski definition) is 8. The fraction of sp³-hybridized carbons (Fsp3) is 0.233. The van der Waals surface area contributed by atoms with Crippen LogP contribution in [0.3, 0.4) is 0 Å². The van der Waals surface area contributed by atoms with Crippen LogP contribution in [0, 0.1) is 5.82 Å². The minimum atomic E-state index is -5.40. The number of nitrogens with two attached hydrogens (primary N) is 2. The second-order valence-corrected chi connectivity index (χ2v) is 10.7. The minimum absolute atomic E-state index is 0.0546. The number of aromatic nitrogens is 2. The molecule has 0 spiro atoms. The Hall–Kier alpha value is -5.31. The van der Waals surface area contributed by atoms with Crippen molar-refractivity contribution < 1.29 is 41.8 Å². The van der Waals surface area contributed by atoms with Gasteiger partial charge in [-0.05, 0) is 55.5 Å². The first-order chi connectivity index (χ1) is 21.1. The van der Waals surface area contributed by atoms with Crippen LogP contribution in [0.1, 0.15) is 28.5 Å². The standard InChI is InChI=1S/C30H26F4N6O5/c1-28(27(36)43)14-45-25-19(28)11-21(40-24(25)15-4-6-18(31)7-5-15)29(44,30(32,33)34)13-39-26(42)17-9-16-3-2-8-37-23(16)20(10-17)38-12-22(35)41/h2-11,38,44H,12-14H2,1H3,(H2,35,41)(H2,36,43)(H,39,42)/t28-,29-/m0/s1. The number of rotatable bonds is 9. The molecular weight excluding hydrogens is 600 g/mol. The van der Waals surface area contributed by atoms with Crippen LogP contribution < -0.4 is 26.8 Å². The maximum absolute atomic E-state index is 14.7. The van der Waals surface area contributed by atoms with Crippen LogP contribution in [0.4, 0.5) is 23.2 Å². The number of halogens is 4. The summed E-state index contributed by atoms with van der Waals surface area (Å²) in [6.07, 6.45) is -3.93. The molecule has 2 aromatic heterocycles. The number of benzene rings is 2. The molecule has 0 saturated heterocycles. The Morgan fingerprint density at radius 3 is 2.44 bits per heavy atom. The molecule has 0 bridgehead atoms. The van der Waals surface area contributed by atoms with Crippen LogP contribution in [-0.4, -0.2) is 58.7 Å². The van der Waals surface area contributed by atoms with Crippen molar-refractivity contribution in [3.8, 4) is 17.0 Å². The highest BCUT2D eigenvalue weighted by Gasteiger charge is 2.57. The molecule has 11 nitrogen and oxygen atoms in total. The molecule has 0 aliphatic carbocycles.